The Balaban J connectivity index is 1.78. The average Bonchev–Trinajstić information content (AvgIpc) is 3.14. The molecule has 6 heteroatoms. The smallest absolute Gasteiger partial charge is 0.147 e. The van der Waals surface area contributed by atoms with E-state index in [1.807, 2.05) is 5.38 Å². The highest BCUT2D eigenvalue weighted by molar-refractivity contribution is 9.10. The number of nitriles is 1. The molecule has 2 aromatic carbocycles. The minimum atomic E-state index is -0.399. The van der Waals surface area contributed by atoms with Gasteiger partial charge in [-0.15, -0.1) is 11.3 Å². The minimum Gasteiger partial charge on any atom is -0.358 e. The highest BCUT2D eigenvalue weighted by Crippen LogP contribution is 2.27. The summed E-state index contributed by atoms with van der Waals surface area (Å²) in [5.41, 5.74) is 3.79. The van der Waals surface area contributed by atoms with Gasteiger partial charge in [0.2, 0.25) is 0 Å². The van der Waals surface area contributed by atoms with E-state index >= 15 is 0 Å². The van der Waals surface area contributed by atoms with Gasteiger partial charge in [-0.1, -0.05) is 54.0 Å². The second-order valence-electron chi connectivity index (χ2n) is 6.77. The van der Waals surface area contributed by atoms with Crippen LogP contribution in [0, 0.1) is 23.1 Å². The lowest BCUT2D eigenvalue weighted by atomic mass is 10.0. The molecule has 1 aromatic heterocycles. The number of nitrogens with zero attached hydrogens (tertiary/aromatic N) is 2. The largest absolute Gasteiger partial charge is 0.358 e. The first-order valence-corrected chi connectivity index (χ1v) is 10.5. The van der Waals surface area contributed by atoms with Crippen molar-refractivity contribution in [2.24, 2.45) is 5.92 Å². The maximum atomic E-state index is 13.9. The van der Waals surface area contributed by atoms with Crippen LogP contribution in [-0.2, 0) is 6.42 Å². The van der Waals surface area contributed by atoms with E-state index in [2.05, 4.69) is 70.4 Å². The summed E-state index contributed by atoms with van der Waals surface area (Å²) in [7, 11) is 0. The van der Waals surface area contributed by atoms with Crippen LogP contribution in [0.25, 0.3) is 16.8 Å². The van der Waals surface area contributed by atoms with E-state index in [0.29, 0.717) is 26.7 Å². The van der Waals surface area contributed by atoms with E-state index in [1.54, 1.807) is 12.1 Å². The lowest BCUT2D eigenvalue weighted by Crippen LogP contribution is -1.94. The van der Waals surface area contributed by atoms with Crippen molar-refractivity contribution in [3.8, 4) is 17.3 Å². The molecule has 3 nitrogen and oxygen atoms in total. The summed E-state index contributed by atoms with van der Waals surface area (Å²) < 4.78 is 14.6. The fourth-order valence-corrected chi connectivity index (χ4v) is 3.84. The first-order valence-electron chi connectivity index (χ1n) is 8.83. The van der Waals surface area contributed by atoms with Crippen LogP contribution in [0.15, 0.2) is 58.5 Å². The third-order valence-corrected chi connectivity index (χ3v) is 5.42. The Morgan fingerprint density at radius 2 is 2.04 bits per heavy atom. The molecule has 0 aliphatic rings. The molecule has 0 saturated heterocycles. The number of allylic oxidation sites excluding steroid dienone is 1. The number of aromatic nitrogens is 1. The standard InChI is InChI=1S/C22H19BrFN3S/c1-14(2)9-15-3-5-16(6-4-15)21-13-28-22(27-21)17(11-25)12-26-20-8-7-18(23)10-19(20)24/h3-8,10,12-14,26H,9H2,1-2H3/b17-12-. The van der Waals surface area contributed by atoms with Crippen molar-refractivity contribution < 1.29 is 4.39 Å². The second kappa shape index (κ2) is 9.13. The number of nitrogens with one attached hydrogen (secondary N) is 1. The summed E-state index contributed by atoms with van der Waals surface area (Å²) in [6.45, 7) is 4.40. The van der Waals surface area contributed by atoms with Crippen molar-refractivity contribution in [3.63, 3.8) is 0 Å². The molecule has 0 spiro atoms. The monoisotopic (exact) mass is 455 g/mol. The predicted octanol–water partition coefficient (Wildman–Crippen LogP) is 6.89. The normalized spacial score (nSPS) is 11.5. The lowest BCUT2D eigenvalue weighted by molar-refractivity contribution is 0.631. The van der Waals surface area contributed by atoms with E-state index in [9.17, 15) is 9.65 Å². The van der Waals surface area contributed by atoms with E-state index < -0.39 is 5.82 Å². The van der Waals surface area contributed by atoms with Gasteiger partial charge < -0.3 is 5.32 Å². The van der Waals surface area contributed by atoms with Crippen molar-refractivity contribution in [1.82, 2.24) is 4.98 Å². The van der Waals surface area contributed by atoms with Gasteiger partial charge in [0.05, 0.1) is 11.4 Å². The van der Waals surface area contributed by atoms with Crippen LogP contribution in [0.5, 0.6) is 0 Å². The van der Waals surface area contributed by atoms with Gasteiger partial charge in [0, 0.05) is 21.6 Å². The molecule has 142 valence electrons. The Kier molecular flexibility index (Phi) is 6.61. The maximum Gasteiger partial charge on any atom is 0.147 e. The minimum absolute atomic E-state index is 0.300. The van der Waals surface area contributed by atoms with Gasteiger partial charge in [-0.2, -0.15) is 5.26 Å². The van der Waals surface area contributed by atoms with Crippen LogP contribution >= 0.6 is 27.3 Å². The van der Waals surface area contributed by atoms with Crippen LogP contribution < -0.4 is 5.32 Å². The molecule has 28 heavy (non-hydrogen) atoms. The summed E-state index contributed by atoms with van der Waals surface area (Å²) in [4.78, 5) is 4.58. The average molecular weight is 456 g/mol. The first kappa shape index (κ1) is 20.2. The van der Waals surface area contributed by atoms with Crippen LogP contribution in [0.2, 0.25) is 0 Å². The Bertz CT molecular complexity index is 1030. The maximum absolute atomic E-state index is 13.9. The molecule has 0 unspecified atom stereocenters. The molecule has 3 aromatic rings. The number of rotatable bonds is 6. The van der Waals surface area contributed by atoms with Crippen LogP contribution in [0.1, 0.15) is 24.4 Å². The number of anilines is 1. The quantitative estimate of drug-likeness (QED) is 0.411. The van der Waals surface area contributed by atoms with Gasteiger partial charge in [0.1, 0.15) is 22.5 Å². The second-order valence-corrected chi connectivity index (χ2v) is 8.54. The molecule has 0 atom stereocenters. The summed E-state index contributed by atoms with van der Waals surface area (Å²) in [6, 6.07) is 15.2. The number of hydrogen-bond acceptors (Lipinski definition) is 4. The van der Waals surface area contributed by atoms with E-state index in [-0.39, 0.29) is 0 Å². The molecule has 0 aliphatic heterocycles. The zero-order valence-corrected chi connectivity index (χ0v) is 17.9. The molecule has 1 heterocycles. The molecular formula is C22H19BrFN3S. The van der Waals surface area contributed by atoms with Crippen molar-refractivity contribution in [2.45, 2.75) is 20.3 Å². The topological polar surface area (TPSA) is 48.7 Å². The van der Waals surface area contributed by atoms with Crippen molar-refractivity contribution in [1.29, 1.82) is 5.26 Å². The third-order valence-electron chi connectivity index (χ3n) is 4.05. The third kappa shape index (κ3) is 5.06. The molecule has 3 rings (SSSR count). The van der Waals surface area contributed by atoms with Gasteiger partial charge in [0.15, 0.2) is 0 Å². The first-order chi connectivity index (χ1) is 13.5. The fraction of sp³-hybridized carbons (Fsp3) is 0.182. The van der Waals surface area contributed by atoms with E-state index in [4.69, 9.17) is 0 Å². The Morgan fingerprint density at radius 1 is 1.29 bits per heavy atom. The molecule has 0 bridgehead atoms. The van der Waals surface area contributed by atoms with Gasteiger partial charge >= 0.3 is 0 Å². The van der Waals surface area contributed by atoms with Crippen molar-refractivity contribution in [2.75, 3.05) is 5.32 Å². The Morgan fingerprint density at radius 3 is 2.68 bits per heavy atom. The molecular weight excluding hydrogens is 437 g/mol. The van der Waals surface area contributed by atoms with Gasteiger partial charge in [0.25, 0.3) is 0 Å². The number of hydrogen-bond donors (Lipinski definition) is 1. The van der Waals surface area contributed by atoms with Crippen LogP contribution in [-0.4, -0.2) is 4.98 Å². The van der Waals surface area contributed by atoms with E-state index in [0.717, 1.165) is 17.7 Å². The van der Waals surface area contributed by atoms with Gasteiger partial charge in [-0.05, 0) is 36.1 Å². The van der Waals surface area contributed by atoms with Gasteiger partial charge in [-0.3, -0.25) is 0 Å². The zero-order chi connectivity index (χ0) is 20.1. The predicted molar refractivity (Wildman–Crippen MR) is 117 cm³/mol. The van der Waals surface area contributed by atoms with Crippen LogP contribution in [0.4, 0.5) is 10.1 Å². The Hall–Kier alpha value is -2.49. The molecule has 0 radical (unpaired) electrons. The highest BCUT2D eigenvalue weighted by atomic mass is 79.9. The summed E-state index contributed by atoms with van der Waals surface area (Å²) in [6.07, 6.45) is 2.53. The molecule has 0 aliphatic carbocycles. The summed E-state index contributed by atoms with van der Waals surface area (Å²) in [5.74, 6) is 0.215. The van der Waals surface area contributed by atoms with Crippen LogP contribution in [0.3, 0.4) is 0 Å². The highest BCUT2D eigenvalue weighted by Gasteiger charge is 2.10. The lowest BCUT2D eigenvalue weighted by Gasteiger charge is -2.05. The summed E-state index contributed by atoms with van der Waals surface area (Å²) >= 11 is 4.61. The SMILES string of the molecule is CC(C)Cc1ccc(-c2csc(/C(C#N)=C\Nc3ccc(Br)cc3F)n2)cc1. The molecule has 0 fully saturated rings. The van der Waals surface area contributed by atoms with E-state index in [1.165, 1.54) is 29.2 Å². The molecule has 0 amide bonds. The molecule has 1 N–H and O–H groups in total. The number of halogens is 2. The van der Waals surface area contributed by atoms with Gasteiger partial charge in [-0.25, -0.2) is 9.37 Å². The zero-order valence-electron chi connectivity index (χ0n) is 15.5. The number of benzene rings is 2. The summed E-state index contributed by atoms with van der Waals surface area (Å²) in [5, 5.41) is 14.8. The van der Waals surface area contributed by atoms with Crippen molar-refractivity contribution >= 4 is 38.5 Å². The fourth-order valence-electron chi connectivity index (χ4n) is 2.71. The number of thiazole rings is 1. The van der Waals surface area contributed by atoms with Crippen molar-refractivity contribution in [3.05, 3.63) is 74.9 Å². The molecule has 0 saturated carbocycles. The Labute approximate surface area is 176 Å².